The number of carbonyl (C=O) groups excluding carboxylic acids is 1. The second-order valence-corrected chi connectivity index (χ2v) is 5.12. The summed E-state index contributed by atoms with van der Waals surface area (Å²) in [6.45, 7) is 1.89. The van der Waals surface area contributed by atoms with Crippen LogP contribution in [-0.4, -0.2) is 30.1 Å². The molecule has 3 aromatic rings. The smallest absolute Gasteiger partial charge is 0.240 e. The van der Waals surface area contributed by atoms with E-state index in [4.69, 9.17) is 0 Å². The predicted molar refractivity (Wildman–Crippen MR) is 83.9 cm³/mol. The molecule has 5 heteroatoms. The van der Waals surface area contributed by atoms with Crippen molar-refractivity contribution in [2.75, 3.05) is 19.0 Å². The molecule has 0 atom stereocenters. The van der Waals surface area contributed by atoms with E-state index >= 15 is 0 Å². The molecule has 1 aromatic heterocycles. The molecule has 0 aliphatic carbocycles. The summed E-state index contributed by atoms with van der Waals surface area (Å²) < 4.78 is 0. The lowest BCUT2D eigenvalue weighted by molar-refractivity contribution is 0.565. The van der Waals surface area contributed by atoms with Gasteiger partial charge in [0.25, 0.3) is 0 Å². The van der Waals surface area contributed by atoms with Crippen molar-refractivity contribution in [3.05, 3.63) is 35.9 Å². The third-order valence-corrected chi connectivity index (χ3v) is 3.42. The minimum absolute atomic E-state index is 0.579. The lowest BCUT2D eigenvalue weighted by Crippen LogP contribution is -2.08. The van der Waals surface area contributed by atoms with Crippen molar-refractivity contribution < 1.29 is 4.79 Å². The number of rotatable bonds is 2. The molecule has 0 saturated heterocycles. The number of fused-ring (bicyclic) bond motifs is 2. The average molecular weight is 278 g/mol. The number of aryl methyl sites for hydroxylation is 1. The molecule has 104 valence electrons. The van der Waals surface area contributed by atoms with Gasteiger partial charge in [-0.15, -0.1) is 0 Å². The highest BCUT2D eigenvalue weighted by Crippen LogP contribution is 2.26. The quantitative estimate of drug-likeness (QED) is 0.410. The average Bonchev–Trinajstić information content (AvgIpc) is 2.45. The van der Waals surface area contributed by atoms with Gasteiger partial charge < -0.3 is 4.90 Å². The summed E-state index contributed by atoms with van der Waals surface area (Å²) >= 11 is 0. The maximum absolute atomic E-state index is 10.5. The van der Waals surface area contributed by atoms with Gasteiger partial charge >= 0.3 is 0 Å². The van der Waals surface area contributed by atoms with Gasteiger partial charge in [-0.05, 0) is 42.8 Å². The van der Waals surface area contributed by atoms with Crippen molar-refractivity contribution in [3.8, 4) is 0 Å². The van der Waals surface area contributed by atoms with E-state index in [1.165, 1.54) is 0 Å². The minimum Gasteiger partial charge on any atom is -0.378 e. The molecule has 0 amide bonds. The highest BCUT2D eigenvalue weighted by atomic mass is 16.1. The Bertz CT molecular complexity index is 896. The third-order valence-electron chi connectivity index (χ3n) is 3.42. The summed E-state index contributed by atoms with van der Waals surface area (Å²) in [6.07, 6.45) is 1.57. The van der Waals surface area contributed by atoms with Gasteiger partial charge in [0.15, 0.2) is 0 Å². The summed E-state index contributed by atoms with van der Waals surface area (Å²) in [5.74, 6) is 0. The number of hydrogen-bond acceptors (Lipinski definition) is 5. The number of aromatic nitrogens is 2. The molecule has 3 rings (SSSR count). The van der Waals surface area contributed by atoms with Crippen LogP contribution >= 0.6 is 0 Å². The van der Waals surface area contributed by atoms with Crippen molar-refractivity contribution in [1.29, 1.82) is 0 Å². The molecule has 21 heavy (non-hydrogen) atoms. The molecule has 0 radical (unpaired) electrons. The first-order valence-electron chi connectivity index (χ1n) is 6.56. The van der Waals surface area contributed by atoms with Gasteiger partial charge in [0.1, 0.15) is 0 Å². The van der Waals surface area contributed by atoms with Gasteiger partial charge in [0.2, 0.25) is 6.08 Å². The van der Waals surface area contributed by atoms with Gasteiger partial charge in [-0.2, -0.15) is 4.99 Å². The van der Waals surface area contributed by atoms with E-state index in [0.29, 0.717) is 5.69 Å². The Kier molecular flexibility index (Phi) is 3.12. The van der Waals surface area contributed by atoms with Crippen molar-refractivity contribution in [1.82, 2.24) is 9.97 Å². The molecule has 1 heterocycles. The van der Waals surface area contributed by atoms with Crippen molar-refractivity contribution in [2.24, 2.45) is 4.99 Å². The largest absolute Gasteiger partial charge is 0.378 e. The minimum atomic E-state index is 0.579. The zero-order valence-electron chi connectivity index (χ0n) is 12.1. The van der Waals surface area contributed by atoms with Crippen LogP contribution < -0.4 is 4.90 Å². The second kappa shape index (κ2) is 4.96. The highest BCUT2D eigenvalue weighted by Gasteiger charge is 2.07. The summed E-state index contributed by atoms with van der Waals surface area (Å²) in [6, 6.07) is 9.62. The van der Waals surface area contributed by atoms with Crippen molar-refractivity contribution >= 4 is 39.5 Å². The Hall–Kier alpha value is -2.78. The first-order valence-corrected chi connectivity index (χ1v) is 6.56. The van der Waals surface area contributed by atoms with Gasteiger partial charge in [-0.25, -0.2) is 14.8 Å². The summed E-state index contributed by atoms with van der Waals surface area (Å²) in [7, 11) is 3.96. The topological polar surface area (TPSA) is 58.5 Å². The molecule has 0 aliphatic rings. The second-order valence-electron chi connectivity index (χ2n) is 5.12. The lowest BCUT2D eigenvalue weighted by atomic mass is 10.1. The number of aliphatic imine (C=N–C) groups is 1. The Balaban J connectivity index is 2.30. The SMILES string of the molecule is Cc1cc2nc3ccc(N(C)C)cc3nc2cc1N=C=O. The first kappa shape index (κ1) is 13.2. The molecule has 0 saturated carbocycles. The molecule has 0 bridgehead atoms. The normalized spacial score (nSPS) is 10.6. The van der Waals surface area contributed by atoms with Gasteiger partial charge in [0.05, 0.1) is 27.8 Å². The molecule has 0 spiro atoms. The van der Waals surface area contributed by atoms with Crippen LogP contribution in [0.5, 0.6) is 0 Å². The van der Waals surface area contributed by atoms with Crippen LogP contribution in [0.4, 0.5) is 11.4 Å². The van der Waals surface area contributed by atoms with Crippen LogP contribution in [0.15, 0.2) is 35.3 Å². The molecule has 5 nitrogen and oxygen atoms in total. The van der Waals surface area contributed by atoms with E-state index in [9.17, 15) is 4.79 Å². The van der Waals surface area contributed by atoms with E-state index in [1.54, 1.807) is 12.1 Å². The first-order chi connectivity index (χ1) is 10.1. The Morgan fingerprint density at radius 1 is 1.00 bits per heavy atom. The fourth-order valence-electron chi connectivity index (χ4n) is 2.25. The Morgan fingerprint density at radius 2 is 1.67 bits per heavy atom. The molecule has 0 N–H and O–H groups in total. The summed E-state index contributed by atoms with van der Waals surface area (Å²) in [4.78, 5) is 25.4. The Morgan fingerprint density at radius 3 is 2.38 bits per heavy atom. The molecular formula is C16H14N4O. The van der Waals surface area contributed by atoms with E-state index in [1.807, 2.05) is 50.2 Å². The highest BCUT2D eigenvalue weighted by molar-refractivity contribution is 5.90. The lowest BCUT2D eigenvalue weighted by Gasteiger charge is -2.12. The van der Waals surface area contributed by atoms with Crippen molar-refractivity contribution in [3.63, 3.8) is 0 Å². The predicted octanol–water partition coefficient (Wildman–Crippen LogP) is 3.12. The standard InChI is InChI=1S/C16H14N4O/c1-10-6-14-16(8-13(10)17-9-21)19-15-7-11(20(2)3)4-5-12(15)18-14/h4-8H,1-3H3. The molecule has 0 aliphatic heterocycles. The molecule has 2 aromatic carbocycles. The van der Waals surface area contributed by atoms with Crippen LogP contribution in [0.3, 0.4) is 0 Å². The van der Waals surface area contributed by atoms with Crippen LogP contribution in [0.25, 0.3) is 22.1 Å². The maximum Gasteiger partial charge on any atom is 0.240 e. The number of anilines is 1. The van der Waals surface area contributed by atoms with Gasteiger partial charge in [-0.3, -0.25) is 0 Å². The maximum atomic E-state index is 10.5. The number of isocyanates is 1. The fraction of sp³-hybridized carbons (Fsp3) is 0.188. The van der Waals surface area contributed by atoms with Crippen molar-refractivity contribution in [2.45, 2.75) is 6.92 Å². The molecule has 0 fully saturated rings. The van der Waals surface area contributed by atoms with Crippen LogP contribution in [0, 0.1) is 6.92 Å². The van der Waals surface area contributed by atoms with Gasteiger partial charge in [0, 0.05) is 19.8 Å². The number of hydrogen-bond donors (Lipinski definition) is 0. The van der Waals surface area contributed by atoms with Crippen LogP contribution in [0.2, 0.25) is 0 Å². The third kappa shape index (κ3) is 2.35. The zero-order valence-corrected chi connectivity index (χ0v) is 12.1. The van der Waals surface area contributed by atoms with E-state index in [2.05, 4.69) is 15.0 Å². The summed E-state index contributed by atoms with van der Waals surface area (Å²) in [5.41, 5.74) is 5.70. The molecular weight excluding hydrogens is 264 g/mol. The van der Waals surface area contributed by atoms with Crippen LogP contribution in [-0.2, 0) is 4.79 Å². The Labute approximate surface area is 122 Å². The summed E-state index contributed by atoms with van der Waals surface area (Å²) in [5, 5.41) is 0. The zero-order chi connectivity index (χ0) is 15.0. The number of nitrogens with zero attached hydrogens (tertiary/aromatic N) is 4. The fourth-order valence-corrected chi connectivity index (χ4v) is 2.25. The van der Waals surface area contributed by atoms with E-state index in [-0.39, 0.29) is 0 Å². The van der Waals surface area contributed by atoms with E-state index < -0.39 is 0 Å². The molecule has 0 unspecified atom stereocenters. The van der Waals surface area contributed by atoms with Gasteiger partial charge in [-0.1, -0.05) is 0 Å². The monoisotopic (exact) mass is 278 g/mol. The van der Waals surface area contributed by atoms with E-state index in [0.717, 1.165) is 33.3 Å². The number of benzene rings is 2. The van der Waals surface area contributed by atoms with Crippen LogP contribution in [0.1, 0.15) is 5.56 Å².